The summed E-state index contributed by atoms with van der Waals surface area (Å²) in [5, 5.41) is 3.35. The highest BCUT2D eigenvalue weighted by Crippen LogP contribution is 2.11. The third kappa shape index (κ3) is 4.99. The van der Waals surface area contributed by atoms with Gasteiger partial charge in [0.25, 0.3) is 0 Å². The molecule has 1 rings (SSSR count). The summed E-state index contributed by atoms with van der Waals surface area (Å²) < 4.78 is 1.15. The van der Waals surface area contributed by atoms with Gasteiger partial charge >= 0.3 is 0 Å². The molecular formula is C11H15BrClN. The fourth-order valence-electron chi connectivity index (χ4n) is 1.24. The molecule has 1 aromatic rings. The van der Waals surface area contributed by atoms with Crippen molar-refractivity contribution in [2.45, 2.75) is 12.8 Å². The Bertz CT molecular complexity index is 265. The summed E-state index contributed by atoms with van der Waals surface area (Å²) >= 11 is 9.03. The zero-order chi connectivity index (χ0) is 10.2. The largest absolute Gasteiger partial charge is 0.316 e. The monoisotopic (exact) mass is 275 g/mol. The minimum Gasteiger partial charge on any atom is -0.316 e. The van der Waals surface area contributed by atoms with Crippen molar-refractivity contribution in [1.29, 1.82) is 0 Å². The van der Waals surface area contributed by atoms with Gasteiger partial charge in [0.1, 0.15) is 0 Å². The van der Waals surface area contributed by atoms with E-state index < -0.39 is 0 Å². The van der Waals surface area contributed by atoms with E-state index in [-0.39, 0.29) is 0 Å². The minimum absolute atomic E-state index is 0.740. The van der Waals surface area contributed by atoms with Gasteiger partial charge in [-0.25, -0.2) is 0 Å². The molecule has 3 heteroatoms. The van der Waals surface area contributed by atoms with Gasteiger partial charge in [-0.2, -0.15) is 0 Å². The van der Waals surface area contributed by atoms with E-state index in [0.717, 1.165) is 36.3 Å². The molecule has 0 radical (unpaired) electrons. The normalized spacial score (nSPS) is 10.4. The van der Waals surface area contributed by atoms with Crippen molar-refractivity contribution in [3.63, 3.8) is 0 Å². The summed E-state index contributed by atoms with van der Waals surface area (Å²) in [7, 11) is 0. The molecule has 14 heavy (non-hydrogen) atoms. The van der Waals surface area contributed by atoms with Crippen LogP contribution in [0.1, 0.15) is 12.0 Å². The second-order valence-corrected chi connectivity index (χ2v) is 4.47. The highest BCUT2D eigenvalue weighted by atomic mass is 79.9. The number of halogens is 2. The summed E-state index contributed by atoms with van der Waals surface area (Å²) in [6.07, 6.45) is 2.11. The van der Waals surface area contributed by atoms with Crippen LogP contribution in [0, 0.1) is 0 Å². The van der Waals surface area contributed by atoms with Gasteiger partial charge in [0.05, 0.1) is 0 Å². The van der Waals surface area contributed by atoms with E-state index in [2.05, 4.69) is 39.4 Å². The standard InChI is InChI=1S/C11H15BrClN/c12-11-4-1-3-10(9-11)5-8-14-7-2-6-13/h1,3-4,9,14H,2,5-8H2. The Morgan fingerprint density at radius 2 is 2.14 bits per heavy atom. The lowest BCUT2D eigenvalue weighted by Gasteiger charge is -2.03. The lowest BCUT2D eigenvalue weighted by molar-refractivity contribution is 0.673. The second kappa shape index (κ2) is 7.27. The Balaban J connectivity index is 2.18. The smallest absolute Gasteiger partial charge is 0.0235 e. The lowest BCUT2D eigenvalue weighted by Crippen LogP contribution is -2.18. The maximum atomic E-state index is 5.57. The van der Waals surface area contributed by atoms with E-state index in [1.54, 1.807) is 0 Å². The van der Waals surface area contributed by atoms with Gasteiger partial charge < -0.3 is 5.32 Å². The molecular weight excluding hydrogens is 261 g/mol. The third-order valence-corrected chi connectivity index (χ3v) is 2.73. The van der Waals surface area contributed by atoms with E-state index >= 15 is 0 Å². The Kier molecular flexibility index (Phi) is 6.24. The van der Waals surface area contributed by atoms with E-state index in [4.69, 9.17) is 11.6 Å². The van der Waals surface area contributed by atoms with E-state index in [0.29, 0.717) is 0 Å². The van der Waals surface area contributed by atoms with Gasteiger partial charge in [-0.05, 0) is 43.6 Å². The fourth-order valence-corrected chi connectivity index (χ4v) is 1.82. The molecule has 0 bridgehead atoms. The maximum absolute atomic E-state index is 5.57. The molecule has 1 aromatic carbocycles. The lowest BCUT2D eigenvalue weighted by atomic mass is 10.1. The van der Waals surface area contributed by atoms with Crippen LogP contribution in [0.5, 0.6) is 0 Å². The molecule has 0 aliphatic carbocycles. The van der Waals surface area contributed by atoms with E-state index in [9.17, 15) is 0 Å². The summed E-state index contributed by atoms with van der Waals surface area (Å²) in [5.74, 6) is 0.740. The van der Waals surface area contributed by atoms with Crippen LogP contribution in [0.15, 0.2) is 28.7 Å². The average Bonchev–Trinajstić information content (AvgIpc) is 2.18. The van der Waals surface area contributed by atoms with Crippen LogP contribution in [0.4, 0.5) is 0 Å². The fraction of sp³-hybridized carbons (Fsp3) is 0.455. The third-order valence-electron chi connectivity index (χ3n) is 1.97. The molecule has 1 nitrogen and oxygen atoms in total. The molecule has 0 aliphatic heterocycles. The van der Waals surface area contributed by atoms with Crippen molar-refractivity contribution in [2.24, 2.45) is 0 Å². The average molecular weight is 277 g/mol. The van der Waals surface area contributed by atoms with Gasteiger partial charge in [0.15, 0.2) is 0 Å². The van der Waals surface area contributed by atoms with Gasteiger partial charge in [0.2, 0.25) is 0 Å². The molecule has 0 fully saturated rings. The minimum atomic E-state index is 0.740. The van der Waals surface area contributed by atoms with Crippen molar-refractivity contribution < 1.29 is 0 Å². The van der Waals surface area contributed by atoms with Crippen LogP contribution in [0.3, 0.4) is 0 Å². The Hall–Kier alpha value is -0.0500. The molecule has 0 saturated carbocycles. The topological polar surface area (TPSA) is 12.0 Å². The first-order chi connectivity index (χ1) is 6.83. The Morgan fingerprint density at radius 3 is 2.86 bits per heavy atom. The van der Waals surface area contributed by atoms with E-state index in [1.807, 2.05) is 6.07 Å². The van der Waals surface area contributed by atoms with Gasteiger partial charge in [-0.15, -0.1) is 11.6 Å². The zero-order valence-electron chi connectivity index (χ0n) is 8.10. The molecule has 78 valence electrons. The van der Waals surface area contributed by atoms with Crippen LogP contribution in [0.2, 0.25) is 0 Å². The van der Waals surface area contributed by atoms with Crippen molar-refractivity contribution in [2.75, 3.05) is 19.0 Å². The summed E-state index contributed by atoms with van der Waals surface area (Å²) in [4.78, 5) is 0. The number of benzene rings is 1. The Morgan fingerprint density at radius 1 is 1.29 bits per heavy atom. The predicted octanol–water partition coefficient (Wildman–Crippen LogP) is 3.21. The number of hydrogen-bond donors (Lipinski definition) is 1. The van der Waals surface area contributed by atoms with Crippen molar-refractivity contribution in [3.8, 4) is 0 Å². The molecule has 0 amide bonds. The summed E-state index contributed by atoms with van der Waals surface area (Å²) in [6.45, 7) is 2.03. The van der Waals surface area contributed by atoms with Gasteiger partial charge in [-0.1, -0.05) is 28.1 Å². The molecule has 0 atom stereocenters. The van der Waals surface area contributed by atoms with E-state index in [1.165, 1.54) is 5.56 Å². The zero-order valence-corrected chi connectivity index (χ0v) is 10.4. The number of hydrogen-bond acceptors (Lipinski definition) is 1. The summed E-state index contributed by atoms with van der Waals surface area (Å²) in [6, 6.07) is 8.42. The Labute approximate surface area is 99.0 Å². The van der Waals surface area contributed by atoms with Crippen LogP contribution < -0.4 is 5.32 Å². The van der Waals surface area contributed by atoms with Gasteiger partial charge in [0, 0.05) is 10.4 Å². The number of rotatable bonds is 6. The molecule has 0 unspecified atom stereocenters. The highest BCUT2D eigenvalue weighted by molar-refractivity contribution is 9.10. The first-order valence-corrected chi connectivity index (χ1v) is 6.17. The van der Waals surface area contributed by atoms with Crippen molar-refractivity contribution in [1.82, 2.24) is 5.32 Å². The van der Waals surface area contributed by atoms with Crippen LogP contribution >= 0.6 is 27.5 Å². The van der Waals surface area contributed by atoms with Crippen molar-refractivity contribution in [3.05, 3.63) is 34.3 Å². The van der Waals surface area contributed by atoms with Crippen LogP contribution in [-0.2, 0) is 6.42 Å². The van der Waals surface area contributed by atoms with Crippen LogP contribution in [-0.4, -0.2) is 19.0 Å². The van der Waals surface area contributed by atoms with Crippen molar-refractivity contribution >= 4 is 27.5 Å². The molecule has 0 saturated heterocycles. The number of alkyl halides is 1. The molecule has 0 heterocycles. The second-order valence-electron chi connectivity index (χ2n) is 3.17. The first kappa shape index (κ1) is 12.0. The molecule has 1 N–H and O–H groups in total. The first-order valence-electron chi connectivity index (χ1n) is 4.84. The molecule has 0 aliphatic rings. The quantitative estimate of drug-likeness (QED) is 0.621. The molecule has 0 spiro atoms. The summed E-state index contributed by atoms with van der Waals surface area (Å²) in [5.41, 5.74) is 1.36. The van der Waals surface area contributed by atoms with Crippen LogP contribution in [0.25, 0.3) is 0 Å². The van der Waals surface area contributed by atoms with Gasteiger partial charge in [-0.3, -0.25) is 0 Å². The molecule has 0 aromatic heterocycles. The SMILES string of the molecule is ClCCCNCCc1cccc(Br)c1. The number of nitrogens with one attached hydrogen (secondary N) is 1. The predicted molar refractivity (Wildman–Crippen MR) is 66.1 cm³/mol. The highest BCUT2D eigenvalue weighted by Gasteiger charge is 1.93. The maximum Gasteiger partial charge on any atom is 0.0235 e.